The summed E-state index contributed by atoms with van der Waals surface area (Å²) in [5.41, 5.74) is 4.81. The smallest absolute Gasteiger partial charge is 0.145 e. The molecule has 0 radical (unpaired) electrons. The summed E-state index contributed by atoms with van der Waals surface area (Å²) in [7, 11) is 5.40. The number of ether oxygens (including phenoxy) is 2. The van der Waals surface area contributed by atoms with Gasteiger partial charge in [-0.15, -0.1) is 0 Å². The lowest BCUT2D eigenvalue weighted by atomic mass is 10.2. The van der Waals surface area contributed by atoms with E-state index >= 15 is 0 Å². The highest BCUT2D eigenvalue weighted by molar-refractivity contribution is 5.59. The summed E-state index contributed by atoms with van der Waals surface area (Å²) in [4.78, 5) is 0. The van der Waals surface area contributed by atoms with Crippen molar-refractivity contribution in [2.45, 2.75) is 20.4 Å². The van der Waals surface area contributed by atoms with E-state index in [9.17, 15) is 0 Å². The summed E-state index contributed by atoms with van der Waals surface area (Å²) < 4.78 is 12.8. The first-order chi connectivity index (χ1) is 9.56. The van der Waals surface area contributed by atoms with Crippen LogP contribution in [0.3, 0.4) is 0 Å². The van der Waals surface area contributed by atoms with Crippen LogP contribution in [-0.4, -0.2) is 18.8 Å². The van der Waals surface area contributed by atoms with Gasteiger partial charge in [0.25, 0.3) is 0 Å². The molecule has 2 rings (SSSR count). The molecule has 108 valence electrons. The van der Waals surface area contributed by atoms with Crippen LogP contribution in [0, 0.1) is 13.8 Å². The number of aryl methyl sites for hydroxylation is 1. The van der Waals surface area contributed by atoms with Crippen molar-refractivity contribution >= 4 is 5.69 Å². The molecule has 0 aliphatic heterocycles. The predicted molar refractivity (Wildman–Crippen MR) is 81.8 cm³/mol. The lowest BCUT2D eigenvalue weighted by Crippen LogP contribution is -2.03. The fraction of sp³-hybridized carbons (Fsp3) is 0.375. The molecule has 0 saturated heterocycles. The molecule has 0 unspecified atom stereocenters. The Bertz CT molecular complexity index is 603. The van der Waals surface area contributed by atoms with Crippen LogP contribution in [0.1, 0.15) is 17.0 Å². The molecule has 1 heterocycles. The predicted octanol–water partition coefficient (Wildman–Crippen LogP) is 3.27. The van der Waals surface area contributed by atoms with Crippen molar-refractivity contribution in [1.29, 1.82) is 0 Å². The number of anilines is 1. The lowest BCUT2D eigenvalue weighted by molar-refractivity contribution is 0.395. The van der Waals surface area contributed by atoms with Crippen molar-refractivity contribution in [3.63, 3.8) is 0 Å². The summed E-state index contributed by atoms with van der Waals surface area (Å²) in [5.74, 6) is 1.58. The standard InChI is InChI=1S/C16H22N2O2/c1-11-8-13(12(2)18(11)3)10-17-15-7-6-14(19-4)9-16(15)20-5/h6-9,17H,10H2,1-5H3. The molecule has 20 heavy (non-hydrogen) atoms. The van der Waals surface area contributed by atoms with Gasteiger partial charge >= 0.3 is 0 Å². The van der Waals surface area contributed by atoms with E-state index in [1.807, 2.05) is 18.2 Å². The first kappa shape index (κ1) is 14.3. The average molecular weight is 274 g/mol. The molecular weight excluding hydrogens is 252 g/mol. The largest absolute Gasteiger partial charge is 0.497 e. The van der Waals surface area contributed by atoms with Crippen molar-refractivity contribution in [2.75, 3.05) is 19.5 Å². The van der Waals surface area contributed by atoms with Crippen LogP contribution in [0.2, 0.25) is 0 Å². The molecule has 0 aliphatic rings. The normalized spacial score (nSPS) is 10.4. The fourth-order valence-electron chi connectivity index (χ4n) is 2.25. The molecule has 0 bridgehead atoms. The maximum atomic E-state index is 5.39. The van der Waals surface area contributed by atoms with Gasteiger partial charge in [-0.1, -0.05) is 0 Å². The summed E-state index contributed by atoms with van der Waals surface area (Å²) in [6, 6.07) is 7.99. The monoisotopic (exact) mass is 274 g/mol. The highest BCUT2D eigenvalue weighted by Crippen LogP contribution is 2.29. The van der Waals surface area contributed by atoms with E-state index < -0.39 is 0 Å². The Hall–Kier alpha value is -2.10. The Labute approximate surface area is 120 Å². The van der Waals surface area contributed by atoms with Gasteiger partial charge < -0.3 is 19.4 Å². The molecule has 0 atom stereocenters. The van der Waals surface area contributed by atoms with Gasteiger partial charge in [0, 0.05) is 31.0 Å². The lowest BCUT2D eigenvalue weighted by Gasteiger charge is -2.12. The molecule has 2 aromatic rings. The molecule has 0 spiro atoms. The van der Waals surface area contributed by atoms with Crippen molar-refractivity contribution in [3.8, 4) is 11.5 Å². The first-order valence-corrected chi connectivity index (χ1v) is 6.64. The molecule has 1 N–H and O–H groups in total. The van der Waals surface area contributed by atoms with Crippen LogP contribution in [0.4, 0.5) is 5.69 Å². The number of nitrogens with zero attached hydrogens (tertiary/aromatic N) is 1. The third-order valence-electron chi connectivity index (χ3n) is 3.76. The third-order valence-corrected chi connectivity index (χ3v) is 3.76. The van der Waals surface area contributed by atoms with E-state index in [1.54, 1.807) is 14.2 Å². The van der Waals surface area contributed by atoms with E-state index in [0.717, 1.165) is 23.7 Å². The van der Waals surface area contributed by atoms with Crippen LogP contribution in [0.5, 0.6) is 11.5 Å². The zero-order chi connectivity index (χ0) is 14.7. The molecule has 1 aromatic carbocycles. The SMILES string of the molecule is COc1ccc(NCc2cc(C)n(C)c2C)c(OC)c1. The van der Waals surface area contributed by atoms with Gasteiger partial charge in [0.15, 0.2) is 0 Å². The van der Waals surface area contributed by atoms with Gasteiger partial charge in [-0.05, 0) is 37.6 Å². The second kappa shape index (κ2) is 5.90. The van der Waals surface area contributed by atoms with Crippen molar-refractivity contribution in [1.82, 2.24) is 4.57 Å². The molecule has 0 amide bonds. The molecule has 0 aliphatic carbocycles. The highest BCUT2D eigenvalue weighted by atomic mass is 16.5. The molecular formula is C16H22N2O2. The van der Waals surface area contributed by atoms with Crippen LogP contribution < -0.4 is 14.8 Å². The van der Waals surface area contributed by atoms with Crippen molar-refractivity contribution in [2.24, 2.45) is 7.05 Å². The topological polar surface area (TPSA) is 35.4 Å². The zero-order valence-corrected chi connectivity index (χ0v) is 12.8. The van der Waals surface area contributed by atoms with Gasteiger partial charge in [-0.25, -0.2) is 0 Å². The van der Waals surface area contributed by atoms with Gasteiger partial charge in [-0.2, -0.15) is 0 Å². The maximum Gasteiger partial charge on any atom is 0.145 e. The number of hydrogen-bond donors (Lipinski definition) is 1. The quantitative estimate of drug-likeness (QED) is 0.909. The number of hydrogen-bond acceptors (Lipinski definition) is 3. The molecule has 4 nitrogen and oxygen atoms in total. The summed E-state index contributed by atoms with van der Waals surface area (Å²) in [5, 5.41) is 3.42. The summed E-state index contributed by atoms with van der Waals surface area (Å²) in [6.45, 7) is 5.02. The third kappa shape index (κ3) is 2.74. The summed E-state index contributed by atoms with van der Waals surface area (Å²) >= 11 is 0. The van der Waals surface area contributed by atoms with E-state index in [-0.39, 0.29) is 0 Å². The van der Waals surface area contributed by atoms with E-state index in [4.69, 9.17) is 9.47 Å². The Morgan fingerprint density at radius 1 is 1.10 bits per heavy atom. The fourth-order valence-corrected chi connectivity index (χ4v) is 2.25. The number of aromatic nitrogens is 1. The first-order valence-electron chi connectivity index (χ1n) is 6.64. The Morgan fingerprint density at radius 3 is 2.40 bits per heavy atom. The van der Waals surface area contributed by atoms with Gasteiger partial charge in [0.2, 0.25) is 0 Å². The molecule has 0 fully saturated rings. The molecule has 4 heteroatoms. The Morgan fingerprint density at radius 2 is 1.85 bits per heavy atom. The Kier molecular flexibility index (Phi) is 4.23. The van der Waals surface area contributed by atoms with E-state index in [0.29, 0.717) is 0 Å². The number of rotatable bonds is 5. The van der Waals surface area contributed by atoms with Crippen LogP contribution >= 0.6 is 0 Å². The van der Waals surface area contributed by atoms with Gasteiger partial charge in [0.05, 0.1) is 19.9 Å². The minimum atomic E-state index is 0.774. The number of nitrogens with one attached hydrogen (secondary N) is 1. The van der Waals surface area contributed by atoms with E-state index in [1.165, 1.54) is 17.0 Å². The second-order valence-electron chi connectivity index (χ2n) is 4.88. The highest BCUT2D eigenvalue weighted by Gasteiger charge is 2.08. The Balaban J connectivity index is 2.16. The van der Waals surface area contributed by atoms with E-state index in [2.05, 4.69) is 36.8 Å². The van der Waals surface area contributed by atoms with Crippen LogP contribution in [0.25, 0.3) is 0 Å². The van der Waals surface area contributed by atoms with Gasteiger partial charge in [0.1, 0.15) is 11.5 Å². The molecule has 0 saturated carbocycles. The van der Waals surface area contributed by atoms with Crippen molar-refractivity contribution in [3.05, 3.63) is 41.2 Å². The van der Waals surface area contributed by atoms with Crippen LogP contribution in [-0.2, 0) is 13.6 Å². The minimum absolute atomic E-state index is 0.774. The number of benzene rings is 1. The van der Waals surface area contributed by atoms with Gasteiger partial charge in [-0.3, -0.25) is 0 Å². The van der Waals surface area contributed by atoms with Crippen molar-refractivity contribution < 1.29 is 9.47 Å². The maximum absolute atomic E-state index is 5.39. The number of methoxy groups -OCH3 is 2. The molecule has 1 aromatic heterocycles. The van der Waals surface area contributed by atoms with Crippen LogP contribution in [0.15, 0.2) is 24.3 Å². The zero-order valence-electron chi connectivity index (χ0n) is 12.8. The average Bonchev–Trinajstić information content (AvgIpc) is 2.72. The minimum Gasteiger partial charge on any atom is -0.497 e. The summed E-state index contributed by atoms with van der Waals surface area (Å²) in [6.07, 6.45) is 0. The second-order valence-corrected chi connectivity index (χ2v) is 4.88.